The lowest BCUT2D eigenvalue weighted by molar-refractivity contribution is -0.136. The van der Waals surface area contributed by atoms with Crippen molar-refractivity contribution in [3.63, 3.8) is 0 Å². The van der Waals surface area contributed by atoms with E-state index in [0.717, 1.165) is 10.5 Å². The van der Waals surface area contributed by atoms with Crippen LogP contribution >= 0.6 is 11.8 Å². The number of carboxylic acids is 1. The molecule has 6 heteroatoms. The summed E-state index contributed by atoms with van der Waals surface area (Å²) in [6.45, 7) is 1.85. The Morgan fingerprint density at radius 2 is 1.84 bits per heavy atom. The minimum atomic E-state index is -2.92. The molecule has 0 amide bonds. The third kappa shape index (κ3) is 6.63. The van der Waals surface area contributed by atoms with Gasteiger partial charge >= 0.3 is 5.97 Å². The molecule has 0 atom stereocenters. The highest BCUT2D eigenvalue weighted by Gasteiger charge is 2.09. The Labute approximate surface area is 118 Å². The highest BCUT2D eigenvalue weighted by molar-refractivity contribution is 8.00. The summed E-state index contributed by atoms with van der Waals surface area (Å²) in [5.41, 5.74) is 0.746. The molecule has 0 spiro atoms. The highest BCUT2D eigenvalue weighted by atomic mass is 32.2. The predicted molar refractivity (Wildman–Crippen MR) is 77.5 cm³/mol. The minimum absolute atomic E-state index is 0.00975. The predicted octanol–water partition coefficient (Wildman–Crippen LogP) is 2.23. The van der Waals surface area contributed by atoms with Crippen molar-refractivity contribution in [2.24, 2.45) is 0 Å². The van der Waals surface area contributed by atoms with Crippen molar-refractivity contribution in [3.8, 4) is 0 Å². The molecule has 0 bridgehead atoms. The number of hydrogen-bond acceptors (Lipinski definition) is 4. The molecular weight excluding hydrogens is 284 g/mol. The average Bonchev–Trinajstić information content (AvgIpc) is 2.30. The first-order chi connectivity index (χ1) is 8.93. The Balaban J connectivity index is 2.44. The van der Waals surface area contributed by atoms with Gasteiger partial charge in [-0.05, 0) is 24.1 Å². The normalized spacial score (nSPS) is 11.4. The molecule has 0 aliphatic carbocycles. The van der Waals surface area contributed by atoms with Gasteiger partial charge in [0.2, 0.25) is 0 Å². The zero-order valence-electron chi connectivity index (χ0n) is 10.8. The molecule has 0 saturated heterocycles. The SMILES string of the molecule is CCCS(=O)(=O)CCSc1ccc(CC(=O)O)cc1. The first-order valence-corrected chi connectivity index (χ1v) is 8.87. The van der Waals surface area contributed by atoms with Gasteiger partial charge in [0.05, 0.1) is 12.2 Å². The molecule has 1 rings (SSSR count). The van der Waals surface area contributed by atoms with E-state index in [4.69, 9.17) is 5.11 Å². The number of carboxylic acid groups (broad SMARTS) is 1. The van der Waals surface area contributed by atoms with Crippen LogP contribution in [0, 0.1) is 0 Å². The molecule has 0 saturated carbocycles. The molecule has 0 aliphatic rings. The Bertz CT molecular complexity index is 506. The molecule has 0 radical (unpaired) electrons. The summed E-state index contributed by atoms with van der Waals surface area (Å²) < 4.78 is 23.0. The van der Waals surface area contributed by atoms with E-state index < -0.39 is 15.8 Å². The summed E-state index contributed by atoms with van der Waals surface area (Å²) in [7, 11) is -2.92. The number of sulfone groups is 1. The first kappa shape index (κ1) is 16.0. The van der Waals surface area contributed by atoms with Crippen LogP contribution < -0.4 is 0 Å². The molecule has 4 nitrogen and oxygen atoms in total. The fourth-order valence-electron chi connectivity index (χ4n) is 1.58. The molecular formula is C13H18O4S2. The van der Waals surface area contributed by atoms with E-state index >= 15 is 0 Å². The van der Waals surface area contributed by atoms with Crippen molar-refractivity contribution in [3.05, 3.63) is 29.8 Å². The topological polar surface area (TPSA) is 71.4 Å². The molecule has 1 aromatic carbocycles. The number of thioether (sulfide) groups is 1. The second-order valence-electron chi connectivity index (χ2n) is 4.21. The van der Waals surface area contributed by atoms with Crippen LogP contribution in [0.5, 0.6) is 0 Å². The molecule has 0 fully saturated rings. The van der Waals surface area contributed by atoms with E-state index in [9.17, 15) is 13.2 Å². The molecule has 0 aliphatic heterocycles. The van der Waals surface area contributed by atoms with E-state index in [1.807, 2.05) is 19.1 Å². The summed E-state index contributed by atoms with van der Waals surface area (Å²) in [4.78, 5) is 11.5. The van der Waals surface area contributed by atoms with Gasteiger partial charge in [0.1, 0.15) is 0 Å². The number of hydrogen-bond donors (Lipinski definition) is 1. The lowest BCUT2D eigenvalue weighted by Crippen LogP contribution is -2.12. The first-order valence-electron chi connectivity index (χ1n) is 6.07. The highest BCUT2D eigenvalue weighted by Crippen LogP contribution is 2.19. The van der Waals surface area contributed by atoms with Crippen LogP contribution in [0.15, 0.2) is 29.2 Å². The maximum Gasteiger partial charge on any atom is 0.307 e. The molecule has 0 heterocycles. The summed E-state index contributed by atoms with van der Waals surface area (Å²) in [6, 6.07) is 7.18. The van der Waals surface area contributed by atoms with Gasteiger partial charge in [-0.1, -0.05) is 19.1 Å². The number of aliphatic carboxylic acids is 1. The van der Waals surface area contributed by atoms with E-state index in [1.165, 1.54) is 11.8 Å². The van der Waals surface area contributed by atoms with Crippen LogP contribution in [0.4, 0.5) is 0 Å². The van der Waals surface area contributed by atoms with Crippen LogP contribution in [-0.4, -0.2) is 36.8 Å². The van der Waals surface area contributed by atoms with Gasteiger partial charge in [-0.3, -0.25) is 4.79 Å². The van der Waals surface area contributed by atoms with E-state index in [2.05, 4.69) is 0 Å². The average molecular weight is 302 g/mol. The van der Waals surface area contributed by atoms with Crippen molar-refractivity contribution in [1.82, 2.24) is 0 Å². The second kappa shape index (κ2) is 7.55. The Morgan fingerprint density at radius 3 is 2.37 bits per heavy atom. The smallest absolute Gasteiger partial charge is 0.307 e. The van der Waals surface area contributed by atoms with E-state index in [1.54, 1.807) is 12.1 Å². The lowest BCUT2D eigenvalue weighted by Gasteiger charge is -2.04. The van der Waals surface area contributed by atoms with Gasteiger partial charge < -0.3 is 5.11 Å². The second-order valence-corrected chi connectivity index (χ2v) is 7.69. The fraction of sp³-hybridized carbons (Fsp3) is 0.462. The van der Waals surface area contributed by atoms with Gasteiger partial charge in [0.15, 0.2) is 9.84 Å². The van der Waals surface area contributed by atoms with Crippen LogP contribution in [0.1, 0.15) is 18.9 Å². The maximum atomic E-state index is 11.5. The van der Waals surface area contributed by atoms with Gasteiger partial charge in [-0.25, -0.2) is 8.42 Å². The number of rotatable bonds is 8. The molecule has 106 valence electrons. The zero-order chi connectivity index (χ0) is 14.3. The molecule has 19 heavy (non-hydrogen) atoms. The standard InChI is InChI=1S/C13H18O4S2/c1-2-8-19(16,17)9-7-18-12-5-3-11(4-6-12)10-13(14)15/h3-6H,2,7-10H2,1H3,(H,14,15). The fourth-order valence-corrected chi connectivity index (χ4v) is 4.32. The summed E-state index contributed by atoms with van der Waals surface area (Å²) in [5.74, 6) is 0.0970. The Kier molecular flexibility index (Phi) is 6.37. The van der Waals surface area contributed by atoms with Crippen molar-refractivity contribution < 1.29 is 18.3 Å². The largest absolute Gasteiger partial charge is 0.481 e. The molecule has 1 N–H and O–H groups in total. The lowest BCUT2D eigenvalue weighted by atomic mass is 10.2. The van der Waals surface area contributed by atoms with Gasteiger partial charge in [0.25, 0.3) is 0 Å². The van der Waals surface area contributed by atoms with Crippen molar-refractivity contribution in [2.45, 2.75) is 24.7 Å². The zero-order valence-corrected chi connectivity index (χ0v) is 12.5. The number of benzene rings is 1. The van der Waals surface area contributed by atoms with Crippen LogP contribution in [-0.2, 0) is 21.1 Å². The van der Waals surface area contributed by atoms with Gasteiger partial charge in [-0.2, -0.15) is 0 Å². The Hall–Kier alpha value is -1.01. The van der Waals surface area contributed by atoms with E-state index in [-0.39, 0.29) is 17.9 Å². The molecule has 0 unspecified atom stereocenters. The van der Waals surface area contributed by atoms with Crippen molar-refractivity contribution >= 4 is 27.6 Å². The Morgan fingerprint density at radius 1 is 1.21 bits per heavy atom. The van der Waals surface area contributed by atoms with Crippen LogP contribution in [0.2, 0.25) is 0 Å². The van der Waals surface area contributed by atoms with Crippen LogP contribution in [0.25, 0.3) is 0 Å². The third-order valence-electron chi connectivity index (χ3n) is 2.46. The van der Waals surface area contributed by atoms with Gasteiger partial charge in [-0.15, -0.1) is 11.8 Å². The van der Waals surface area contributed by atoms with Gasteiger partial charge in [0, 0.05) is 16.4 Å². The van der Waals surface area contributed by atoms with Crippen molar-refractivity contribution in [1.29, 1.82) is 0 Å². The summed E-state index contributed by atoms with van der Waals surface area (Å²) in [6.07, 6.45) is 0.659. The third-order valence-corrected chi connectivity index (χ3v) is 5.59. The minimum Gasteiger partial charge on any atom is -0.481 e. The quantitative estimate of drug-likeness (QED) is 0.746. The van der Waals surface area contributed by atoms with Crippen molar-refractivity contribution in [2.75, 3.05) is 17.3 Å². The maximum absolute atomic E-state index is 11.5. The monoisotopic (exact) mass is 302 g/mol. The number of carbonyl (C=O) groups is 1. The van der Waals surface area contributed by atoms with Crippen LogP contribution in [0.3, 0.4) is 0 Å². The van der Waals surface area contributed by atoms with E-state index in [0.29, 0.717) is 12.2 Å². The molecule has 0 aromatic heterocycles. The summed E-state index contributed by atoms with van der Waals surface area (Å²) in [5, 5.41) is 8.65. The summed E-state index contributed by atoms with van der Waals surface area (Å²) >= 11 is 1.47. The molecule has 1 aromatic rings.